The molecule has 6 nitrogen and oxygen atoms in total. The minimum atomic E-state index is -0.0159. The highest BCUT2D eigenvalue weighted by molar-refractivity contribution is 6.05. The molecule has 0 fully saturated rings. The number of phenolic OH excluding ortho intramolecular Hbond substituents is 1. The molecule has 0 unspecified atom stereocenters. The number of fused-ring (bicyclic) bond motifs is 1. The Balaban J connectivity index is 2.17. The van der Waals surface area contributed by atoms with Crippen LogP contribution in [0.15, 0.2) is 58.2 Å². The van der Waals surface area contributed by atoms with Crippen LogP contribution in [0.25, 0.3) is 33.3 Å². The predicted octanol–water partition coefficient (Wildman–Crippen LogP) is 5.01. The van der Waals surface area contributed by atoms with E-state index in [9.17, 15) is 10.0 Å². The molecule has 6 heteroatoms. The fraction of sp³-hybridized carbons (Fsp3) is 0.150. The van der Waals surface area contributed by atoms with Crippen molar-refractivity contribution in [2.24, 2.45) is 5.18 Å². The second-order valence-corrected chi connectivity index (χ2v) is 6.19. The van der Waals surface area contributed by atoms with Crippen molar-refractivity contribution in [2.45, 2.75) is 20.5 Å². The van der Waals surface area contributed by atoms with Gasteiger partial charge in [0.1, 0.15) is 11.5 Å². The van der Waals surface area contributed by atoms with Gasteiger partial charge in [-0.1, -0.05) is 35.5 Å². The number of benzene rings is 2. The van der Waals surface area contributed by atoms with E-state index in [1.165, 1.54) is 0 Å². The summed E-state index contributed by atoms with van der Waals surface area (Å²) in [6.07, 6.45) is 0. The number of nitroso groups, excluding NO2 is 1. The molecule has 0 radical (unpaired) electrons. The third kappa shape index (κ3) is 2.38. The van der Waals surface area contributed by atoms with Crippen LogP contribution in [0.2, 0.25) is 0 Å². The van der Waals surface area contributed by atoms with E-state index in [-0.39, 0.29) is 12.4 Å². The quantitative estimate of drug-likeness (QED) is 0.526. The van der Waals surface area contributed by atoms with Gasteiger partial charge in [0, 0.05) is 10.9 Å². The minimum Gasteiger partial charge on any atom is -0.508 e. The Kier molecular flexibility index (Phi) is 3.80. The first-order chi connectivity index (χ1) is 12.6. The number of aromatic hydroxyl groups is 1. The van der Waals surface area contributed by atoms with Crippen LogP contribution in [0.1, 0.15) is 11.5 Å². The maximum Gasteiger partial charge on any atom is 0.157 e. The average molecular weight is 347 g/mol. The molecule has 1 N–H and O–H groups in total. The van der Waals surface area contributed by atoms with Crippen molar-refractivity contribution >= 4 is 10.9 Å². The maximum atomic E-state index is 11.2. The second-order valence-electron chi connectivity index (χ2n) is 6.19. The van der Waals surface area contributed by atoms with Gasteiger partial charge in [-0.15, -0.1) is 4.91 Å². The van der Waals surface area contributed by atoms with Gasteiger partial charge in [-0.3, -0.25) is 0 Å². The van der Waals surface area contributed by atoms with E-state index < -0.39 is 0 Å². The molecule has 0 saturated carbocycles. The zero-order valence-electron chi connectivity index (χ0n) is 14.4. The Morgan fingerprint density at radius 2 is 1.81 bits per heavy atom. The molecule has 2 aromatic carbocycles. The van der Waals surface area contributed by atoms with Crippen molar-refractivity contribution in [2.75, 3.05) is 0 Å². The zero-order valence-corrected chi connectivity index (χ0v) is 14.4. The normalized spacial score (nSPS) is 11.2. The molecule has 2 heterocycles. The summed E-state index contributed by atoms with van der Waals surface area (Å²) in [5.41, 5.74) is 5.24. The lowest BCUT2D eigenvalue weighted by Gasteiger charge is -2.10. The number of phenols is 1. The standard InChI is InChI=1S/C20H17N3O3/c1-12-18(13(2)26-22-12)20-19(14-7-9-15(24)10-8-14)16-5-3-4-6-17(16)23(20)11-21-25/h3-10,24H,11H2,1-2H3. The topological polar surface area (TPSA) is 80.6 Å². The fourth-order valence-corrected chi connectivity index (χ4v) is 3.51. The van der Waals surface area contributed by atoms with Gasteiger partial charge >= 0.3 is 0 Å². The molecule has 130 valence electrons. The number of hydrogen-bond donors (Lipinski definition) is 1. The largest absolute Gasteiger partial charge is 0.508 e. The van der Waals surface area contributed by atoms with E-state index in [0.29, 0.717) is 5.76 Å². The van der Waals surface area contributed by atoms with E-state index in [0.717, 1.165) is 39.0 Å². The smallest absolute Gasteiger partial charge is 0.157 e. The van der Waals surface area contributed by atoms with Crippen LogP contribution in [0.3, 0.4) is 0 Å². The van der Waals surface area contributed by atoms with Gasteiger partial charge in [-0.05, 0) is 42.8 Å². The highest BCUT2D eigenvalue weighted by atomic mass is 16.5. The molecular formula is C20H17N3O3. The summed E-state index contributed by atoms with van der Waals surface area (Å²) >= 11 is 0. The molecule has 2 aromatic heterocycles. The van der Waals surface area contributed by atoms with Crippen LogP contribution < -0.4 is 0 Å². The zero-order chi connectivity index (χ0) is 18.3. The molecule has 0 atom stereocenters. The highest BCUT2D eigenvalue weighted by Crippen LogP contribution is 2.43. The maximum absolute atomic E-state index is 11.2. The summed E-state index contributed by atoms with van der Waals surface area (Å²) in [5, 5.41) is 17.9. The first-order valence-electron chi connectivity index (χ1n) is 8.24. The number of aromatic nitrogens is 2. The molecule has 4 aromatic rings. The number of aryl methyl sites for hydroxylation is 2. The molecule has 0 saturated heterocycles. The summed E-state index contributed by atoms with van der Waals surface area (Å²) in [6.45, 7) is 3.72. The van der Waals surface area contributed by atoms with Crippen LogP contribution in [-0.4, -0.2) is 14.8 Å². The molecule has 4 rings (SSSR count). The minimum absolute atomic E-state index is 0.0159. The van der Waals surface area contributed by atoms with Crippen LogP contribution in [0.5, 0.6) is 5.75 Å². The molecule has 0 aliphatic rings. The first-order valence-corrected chi connectivity index (χ1v) is 8.24. The monoisotopic (exact) mass is 347 g/mol. The van der Waals surface area contributed by atoms with Gasteiger partial charge in [0.05, 0.1) is 22.5 Å². The Labute approximate surface area is 149 Å². The summed E-state index contributed by atoms with van der Waals surface area (Å²) in [5.74, 6) is 0.878. The Hall–Kier alpha value is -3.41. The molecule has 26 heavy (non-hydrogen) atoms. The first kappa shape index (κ1) is 16.1. The van der Waals surface area contributed by atoms with E-state index in [2.05, 4.69) is 10.3 Å². The lowest BCUT2D eigenvalue weighted by molar-refractivity contribution is 0.393. The van der Waals surface area contributed by atoms with Crippen molar-refractivity contribution in [1.82, 2.24) is 9.72 Å². The van der Waals surface area contributed by atoms with Gasteiger partial charge in [-0.2, -0.15) is 0 Å². The number of para-hydroxylation sites is 1. The predicted molar refractivity (Wildman–Crippen MR) is 99.8 cm³/mol. The average Bonchev–Trinajstić information content (AvgIpc) is 3.13. The highest BCUT2D eigenvalue weighted by Gasteiger charge is 2.24. The van der Waals surface area contributed by atoms with Crippen LogP contribution in [0.4, 0.5) is 0 Å². The van der Waals surface area contributed by atoms with Crippen LogP contribution >= 0.6 is 0 Å². The van der Waals surface area contributed by atoms with E-state index >= 15 is 0 Å². The lowest BCUT2D eigenvalue weighted by Crippen LogP contribution is -1.99. The van der Waals surface area contributed by atoms with Crippen molar-refractivity contribution < 1.29 is 9.63 Å². The Morgan fingerprint density at radius 3 is 2.46 bits per heavy atom. The van der Waals surface area contributed by atoms with Gasteiger partial charge < -0.3 is 14.2 Å². The SMILES string of the molecule is Cc1noc(C)c1-c1c(-c2ccc(O)cc2)c2ccccc2n1CN=O. The van der Waals surface area contributed by atoms with Crippen molar-refractivity contribution in [3.63, 3.8) is 0 Å². The summed E-state index contributed by atoms with van der Waals surface area (Å²) in [7, 11) is 0. The molecule has 0 bridgehead atoms. The van der Waals surface area contributed by atoms with E-state index in [1.54, 1.807) is 12.1 Å². The third-order valence-corrected chi connectivity index (χ3v) is 4.60. The summed E-state index contributed by atoms with van der Waals surface area (Å²) in [6, 6.07) is 14.9. The number of rotatable bonds is 4. The third-order valence-electron chi connectivity index (χ3n) is 4.60. The van der Waals surface area contributed by atoms with E-state index in [4.69, 9.17) is 4.52 Å². The van der Waals surface area contributed by atoms with Crippen LogP contribution in [-0.2, 0) is 6.67 Å². The van der Waals surface area contributed by atoms with Gasteiger partial charge in [-0.25, -0.2) is 0 Å². The van der Waals surface area contributed by atoms with Crippen molar-refractivity contribution in [3.8, 4) is 28.1 Å². The van der Waals surface area contributed by atoms with Crippen molar-refractivity contribution in [3.05, 3.63) is 64.9 Å². The van der Waals surface area contributed by atoms with Gasteiger partial charge in [0.15, 0.2) is 6.67 Å². The van der Waals surface area contributed by atoms with Gasteiger partial charge in [0.2, 0.25) is 0 Å². The molecule has 0 amide bonds. The van der Waals surface area contributed by atoms with Gasteiger partial charge in [0.25, 0.3) is 0 Å². The summed E-state index contributed by atoms with van der Waals surface area (Å²) < 4.78 is 7.26. The summed E-state index contributed by atoms with van der Waals surface area (Å²) in [4.78, 5) is 11.2. The Morgan fingerprint density at radius 1 is 1.08 bits per heavy atom. The molecular weight excluding hydrogens is 330 g/mol. The molecule has 0 aliphatic heterocycles. The fourth-order valence-electron chi connectivity index (χ4n) is 3.51. The Bertz CT molecular complexity index is 1090. The molecule has 0 aliphatic carbocycles. The number of hydrogen-bond acceptors (Lipinski definition) is 5. The number of nitrogens with zero attached hydrogens (tertiary/aromatic N) is 3. The lowest BCUT2D eigenvalue weighted by atomic mass is 9.97. The molecule has 0 spiro atoms. The second kappa shape index (κ2) is 6.15. The van der Waals surface area contributed by atoms with E-state index in [1.807, 2.05) is 54.8 Å². The van der Waals surface area contributed by atoms with Crippen molar-refractivity contribution in [1.29, 1.82) is 0 Å². The van der Waals surface area contributed by atoms with Crippen LogP contribution in [0, 0.1) is 18.8 Å².